The topological polar surface area (TPSA) is 136 Å². The first-order valence-corrected chi connectivity index (χ1v) is 12.1. The molecule has 9 nitrogen and oxygen atoms in total. The molecule has 2 aromatic rings. The van der Waals surface area contributed by atoms with Crippen molar-refractivity contribution in [2.75, 3.05) is 24.9 Å². The standard InChI is InChI=1S/C28H38N6O3/c1-8-20(31-26(29)10-3)18-11-13-22(24(15-18)36-6)33-28(35)34-23-14-12-19(16-25(23)37-7)21(9-2)32-27(30)17(4)5/h8-9,11-17H,10H2,1-7H3,(H2,29,31)(H2,30,32)(H2,33,34,35)/b20-8-,21-9-. The number of hydrogen-bond acceptors (Lipinski definition) is 5. The van der Waals surface area contributed by atoms with E-state index in [1.807, 2.05) is 58.9 Å². The van der Waals surface area contributed by atoms with Gasteiger partial charge in [0.05, 0.1) is 42.8 Å². The fraction of sp³-hybridized carbons (Fsp3) is 0.321. The third-order valence-electron chi connectivity index (χ3n) is 5.51. The predicted molar refractivity (Wildman–Crippen MR) is 154 cm³/mol. The quantitative estimate of drug-likeness (QED) is 0.237. The Morgan fingerprint density at radius 1 is 0.892 bits per heavy atom. The van der Waals surface area contributed by atoms with E-state index in [1.165, 1.54) is 14.2 Å². The summed E-state index contributed by atoms with van der Waals surface area (Å²) in [6, 6.07) is 10.4. The van der Waals surface area contributed by atoms with Crippen LogP contribution in [-0.2, 0) is 0 Å². The molecule has 0 aromatic heterocycles. The highest BCUT2D eigenvalue weighted by Crippen LogP contribution is 2.32. The summed E-state index contributed by atoms with van der Waals surface area (Å²) < 4.78 is 11.0. The molecular weight excluding hydrogens is 468 g/mol. The van der Waals surface area contributed by atoms with Gasteiger partial charge >= 0.3 is 6.03 Å². The molecule has 0 spiro atoms. The van der Waals surface area contributed by atoms with E-state index in [0.717, 1.165) is 22.5 Å². The largest absolute Gasteiger partial charge is 0.495 e. The van der Waals surface area contributed by atoms with E-state index in [9.17, 15) is 4.79 Å². The average Bonchev–Trinajstić information content (AvgIpc) is 2.90. The van der Waals surface area contributed by atoms with E-state index in [1.54, 1.807) is 24.3 Å². The summed E-state index contributed by atoms with van der Waals surface area (Å²) in [6.45, 7) is 9.68. The van der Waals surface area contributed by atoms with Gasteiger partial charge in [-0.1, -0.05) is 45.1 Å². The lowest BCUT2D eigenvalue weighted by Gasteiger charge is -2.15. The summed E-state index contributed by atoms with van der Waals surface area (Å²) in [7, 11) is 3.08. The van der Waals surface area contributed by atoms with Gasteiger partial charge in [-0.15, -0.1) is 0 Å². The molecule has 37 heavy (non-hydrogen) atoms. The Morgan fingerprint density at radius 3 is 1.73 bits per heavy atom. The second-order valence-corrected chi connectivity index (χ2v) is 8.41. The Kier molecular flexibility index (Phi) is 10.7. The van der Waals surface area contributed by atoms with Crippen LogP contribution in [0.1, 0.15) is 52.2 Å². The molecule has 0 fully saturated rings. The van der Waals surface area contributed by atoms with E-state index < -0.39 is 6.03 Å². The summed E-state index contributed by atoms with van der Waals surface area (Å²) in [4.78, 5) is 21.8. The number of benzene rings is 2. The Balaban J connectivity index is 2.26. The van der Waals surface area contributed by atoms with Crippen molar-refractivity contribution in [3.63, 3.8) is 0 Å². The van der Waals surface area contributed by atoms with Gasteiger partial charge in [-0.05, 0) is 38.1 Å². The number of aliphatic imine (C=N–C) groups is 2. The number of amides is 2. The summed E-state index contributed by atoms with van der Waals surface area (Å²) >= 11 is 0. The molecule has 0 atom stereocenters. The smallest absolute Gasteiger partial charge is 0.323 e. The number of nitrogens with zero attached hydrogens (tertiary/aromatic N) is 2. The van der Waals surface area contributed by atoms with Crippen LogP contribution in [0.5, 0.6) is 11.5 Å². The van der Waals surface area contributed by atoms with Crippen molar-refractivity contribution in [3.05, 3.63) is 59.7 Å². The Labute approximate surface area is 219 Å². The summed E-state index contributed by atoms with van der Waals surface area (Å²) in [5.41, 5.74) is 16.0. The minimum Gasteiger partial charge on any atom is -0.495 e. The number of urea groups is 1. The zero-order valence-corrected chi connectivity index (χ0v) is 22.7. The molecule has 9 heteroatoms. The van der Waals surface area contributed by atoms with Crippen LogP contribution in [0.4, 0.5) is 16.2 Å². The number of allylic oxidation sites excluding steroid dienone is 2. The second kappa shape index (κ2) is 13.7. The minimum atomic E-state index is -0.454. The zero-order chi connectivity index (χ0) is 27.5. The molecule has 2 rings (SSSR count). The Hall–Kier alpha value is -4.27. The third-order valence-corrected chi connectivity index (χ3v) is 5.51. The fourth-order valence-electron chi connectivity index (χ4n) is 3.28. The van der Waals surface area contributed by atoms with Gasteiger partial charge in [0.15, 0.2) is 0 Å². The average molecular weight is 507 g/mol. The molecule has 0 aliphatic carbocycles. The first-order valence-electron chi connectivity index (χ1n) is 12.1. The molecule has 0 saturated carbocycles. The fourth-order valence-corrected chi connectivity index (χ4v) is 3.28. The van der Waals surface area contributed by atoms with Gasteiger partial charge in [-0.25, -0.2) is 14.8 Å². The van der Waals surface area contributed by atoms with Crippen molar-refractivity contribution in [2.45, 2.75) is 41.0 Å². The molecule has 6 N–H and O–H groups in total. The van der Waals surface area contributed by atoms with Gasteiger partial charge in [0.1, 0.15) is 17.3 Å². The van der Waals surface area contributed by atoms with Gasteiger partial charge in [-0.2, -0.15) is 0 Å². The van der Waals surface area contributed by atoms with Crippen LogP contribution in [0.25, 0.3) is 11.4 Å². The molecule has 2 amide bonds. The van der Waals surface area contributed by atoms with Gasteiger partial charge < -0.3 is 31.6 Å². The van der Waals surface area contributed by atoms with Gasteiger partial charge in [0.2, 0.25) is 0 Å². The molecular formula is C28H38N6O3. The normalized spacial score (nSPS) is 13.0. The monoisotopic (exact) mass is 506 g/mol. The number of methoxy groups -OCH3 is 2. The first kappa shape index (κ1) is 29.0. The number of carbonyl (C=O) groups is 1. The molecule has 0 unspecified atom stereocenters. The maximum Gasteiger partial charge on any atom is 0.323 e. The number of nitrogens with one attached hydrogen (secondary N) is 2. The molecule has 0 bridgehead atoms. The number of anilines is 2. The highest BCUT2D eigenvalue weighted by atomic mass is 16.5. The minimum absolute atomic E-state index is 0.124. The van der Waals surface area contributed by atoms with Crippen LogP contribution < -0.4 is 31.6 Å². The van der Waals surface area contributed by atoms with Crippen LogP contribution in [-0.4, -0.2) is 31.9 Å². The van der Waals surface area contributed by atoms with Crippen molar-refractivity contribution >= 4 is 40.5 Å². The highest BCUT2D eigenvalue weighted by molar-refractivity contribution is 6.02. The van der Waals surface area contributed by atoms with Crippen LogP contribution in [0.3, 0.4) is 0 Å². The number of carbonyl (C=O) groups excluding carboxylic acids is 1. The van der Waals surface area contributed by atoms with Crippen molar-refractivity contribution in [1.82, 2.24) is 0 Å². The van der Waals surface area contributed by atoms with Gasteiger partial charge in [0.25, 0.3) is 0 Å². The maximum absolute atomic E-state index is 12.8. The van der Waals surface area contributed by atoms with Gasteiger partial charge in [-0.3, -0.25) is 0 Å². The molecule has 0 aliphatic rings. The lowest BCUT2D eigenvalue weighted by atomic mass is 10.1. The van der Waals surface area contributed by atoms with E-state index in [4.69, 9.17) is 20.9 Å². The van der Waals surface area contributed by atoms with Crippen LogP contribution in [0.15, 0.2) is 58.5 Å². The number of nitrogens with two attached hydrogens (primary N) is 2. The lowest BCUT2D eigenvalue weighted by molar-refractivity contribution is 0.262. The molecule has 0 heterocycles. The van der Waals surface area contributed by atoms with E-state index in [2.05, 4.69) is 20.6 Å². The number of rotatable bonds is 10. The number of amidine groups is 2. The molecule has 0 radical (unpaired) electrons. The van der Waals surface area contributed by atoms with E-state index >= 15 is 0 Å². The van der Waals surface area contributed by atoms with Gasteiger partial charge in [0, 0.05) is 23.5 Å². The number of ether oxygens (including phenoxy) is 2. The maximum atomic E-state index is 12.8. The van der Waals surface area contributed by atoms with E-state index in [0.29, 0.717) is 41.0 Å². The van der Waals surface area contributed by atoms with E-state index in [-0.39, 0.29) is 5.92 Å². The van der Waals surface area contributed by atoms with Crippen molar-refractivity contribution in [3.8, 4) is 11.5 Å². The first-order chi connectivity index (χ1) is 17.7. The summed E-state index contributed by atoms with van der Waals surface area (Å²) in [5, 5.41) is 5.65. The summed E-state index contributed by atoms with van der Waals surface area (Å²) in [5.74, 6) is 2.16. The SMILES string of the molecule is C/C=C(\N=C(N)CC)c1ccc(NC(=O)Nc2ccc(/C(=C/C)N=C(N)C(C)C)cc2OC)c(OC)c1. The molecule has 0 saturated heterocycles. The van der Waals surface area contributed by atoms with Crippen LogP contribution in [0.2, 0.25) is 0 Å². The molecule has 198 valence electrons. The Bertz CT molecular complexity index is 1230. The Morgan fingerprint density at radius 2 is 1.35 bits per heavy atom. The second-order valence-electron chi connectivity index (χ2n) is 8.41. The predicted octanol–water partition coefficient (Wildman–Crippen LogP) is 5.85. The van der Waals surface area contributed by atoms with Crippen LogP contribution >= 0.6 is 0 Å². The van der Waals surface area contributed by atoms with Crippen molar-refractivity contribution < 1.29 is 14.3 Å². The molecule has 0 aliphatic heterocycles. The highest BCUT2D eigenvalue weighted by Gasteiger charge is 2.14. The van der Waals surface area contributed by atoms with Crippen LogP contribution in [0, 0.1) is 5.92 Å². The lowest BCUT2D eigenvalue weighted by Crippen LogP contribution is -2.20. The molecule has 2 aromatic carbocycles. The zero-order valence-electron chi connectivity index (χ0n) is 22.7. The third kappa shape index (κ3) is 7.86. The summed E-state index contributed by atoms with van der Waals surface area (Å²) in [6.07, 6.45) is 4.39. The number of hydrogen-bond donors (Lipinski definition) is 4. The van der Waals surface area contributed by atoms with Crippen molar-refractivity contribution in [1.29, 1.82) is 0 Å². The van der Waals surface area contributed by atoms with Crippen molar-refractivity contribution in [2.24, 2.45) is 27.4 Å².